The zero-order valence-corrected chi connectivity index (χ0v) is 10.2. The standard InChI is InChI=1S/C15H8N2O3/c18-14-12-8(4-3-5-9(12)15(19)20)13-16-10-6-1-2-7-11(10)17(13)14/h1-7H,(H,19,20). The van der Waals surface area contributed by atoms with Crippen molar-refractivity contribution in [3.05, 3.63) is 53.6 Å². The van der Waals surface area contributed by atoms with Gasteiger partial charge < -0.3 is 5.11 Å². The number of carboxylic acid groups (broad SMARTS) is 1. The van der Waals surface area contributed by atoms with Gasteiger partial charge in [-0.1, -0.05) is 24.3 Å². The normalized spacial score (nSPS) is 12.5. The number of rotatable bonds is 1. The molecule has 1 aliphatic heterocycles. The molecule has 0 saturated heterocycles. The summed E-state index contributed by atoms with van der Waals surface area (Å²) in [4.78, 5) is 28.2. The molecule has 5 heteroatoms. The molecule has 0 unspecified atom stereocenters. The number of fused-ring (bicyclic) bond motifs is 5. The number of carbonyl (C=O) groups excluding carboxylic acids is 1. The summed E-state index contributed by atoms with van der Waals surface area (Å²) in [5, 5.41) is 9.21. The van der Waals surface area contributed by atoms with Crippen LogP contribution in [0.4, 0.5) is 0 Å². The van der Waals surface area contributed by atoms with Gasteiger partial charge in [-0.25, -0.2) is 9.78 Å². The third-order valence-electron chi connectivity index (χ3n) is 3.51. The van der Waals surface area contributed by atoms with Gasteiger partial charge in [0.2, 0.25) is 0 Å². The fourth-order valence-electron chi connectivity index (χ4n) is 2.67. The van der Waals surface area contributed by atoms with Crippen molar-refractivity contribution in [3.8, 4) is 11.4 Å². The van der Waals surface area contributed by atoms with Crippen LogP contribution in [0.5, 0.6) is 0 Å². The predicted molar refractivity (Wildman–Crippen MR) is 71.9 cm³/mol. The van der Waals surface area contributed by atoms with Crippen molar-refractivity contribution < 1.29 is 14.7 Å². The Hall–Kier alpha value is -2.95. The number of para-hydroxylation sites is 2. The molecular weight excluding hydrogens is 256 g/mol. The third kappa shape index (κ3) is 1.19. The fourth-order valence-corrected chi connectivity index (χ4v) is 2.67. The lowest BCUT2D eigenvalue weighted by atomic mass is 10.0. The quantitative estimate of drug-likeness (QED) is 0.573. The van der Waals surface area contributed by atoms with Gasteiger partial charge in [-0.15, -0.1) is 0 Å². The zero-order chi connectivity index (χ0) is 13.9. The first-order chi connectivity index (χ1) is 9.68. The molecule has 1 aliphatic rings. The van der Waals surface area contributed by atoms with Crippen molar-refractivity contribution in [3.63, 3.8) is 0 Å². The molecular formula is C15H8N2O3. The number of hydrogen-bond acceptors (Lipinski definition) is 3. The highest BCUT2D eigenvalue weighted by Crippen LogP contribution is 2.36. The van der Waals surface area contributed by atoms with Crippen molar-refractivity contribution in [1.29, 1.82) is 0 Å². The minimum Gasteiger partial charge on any atom is -0.478 e. The maximum absolute atomic E-state index is 12.5. The Kier molecular flexibility index (Phi) is 1.93. The second-order valence-electron chi connectivity index (χ2n) is 4.60. The summed E-state index contributed by atoms with van der Waals surface area (Å²) >= 11 is 0. The third-order valence-corrected chi connectivity index (χ3v) is 3.51. The molecule has 0 radical (unpaired) electrons. The maximum Gasteiger partial charge on any atom is 0.336 e. The zero-order valence-electron chi connectivity index (χ0n) is 10.2. The molecule has 3 aromatic rings. The van der Waals surface area contributed by atoms with Gasteiger partial charge in [-0.05, 0) is 18.2 Å². The summed E-state index contributed by atoms with van der Waals surface area (Å²) in [5.41, 5.74) is 2.23. The van der Waals surface area contributed by atoms with Crippen molar-refractivity contribution in [1.82, 2.24) is 9.55 Å². The van der Waals surface area contributed by atoms with Gasteiger partial charge in [0.25, 0.3) is 5.91 Å². The van der Waals surface area contributed by atoms with E-state index in [0.29, 0.717) is 16.9 Å². The van der Waals surface area contributed by atoms with E-state index in [4.69, 9.17) is 0 Å². The molecule has 0 atom stereocenters. The van der Waals surface area contributed by atoms with Crippen LogP contribution in [-0.4, -0.2) is 26.5 Å². The monoisotopic (exact) mass is 264 g/mol. The minimum atomic E-state index is -1.11. The number of nitrogens with zero attached hydrogens (tertiary/aromatic N) is 2. The molecule has 2 aromatic carbocycles. The lowest BCUT2D eigenvalue weighted by Gasteiger charge is -2.02. The van der Waals surface area contributed by atoms with Crippen LogP contribution in [0.2, 0.25) is 0 Å². The summed E-state index contributed by atoms with van der Waals surface area (Å²) in [5.74, 6) is -0.929. The average Bonchev–Trinajstić information content (AvgIpc) is 2.96. The number of carboxylic acids is 1. The van der Waals surface area contributed by atoms with E-state index in [0.717, 1.165) is 5.52 Å². The van der Waals surface area contributed by atoms with Gasteiger partial charge in [0, 0.05) is 5.56 Å². The summed E-state index contributed by atoms with van der Waals surface area (Å²) in [6.45, 7) is 0. The van der Waals surface area contributed by atoms with Gasteiger partial charge >= 0.3 is 5.97 Å². The molecule has 0 spiro atoms. The fraction of sp³-hybridized carbons (Fsp3) is 0. The first kappa shape index (κ1) is 10.9. The van der Waals surface area contributed by atoms with E-state index in [9.17, 15) is 14.7 Å². The average molecular weight is 264 g/mol. The van der Waals surface area contributed by atoms with Crippen molar-refractivity contribution >= 4 is 22.9 Å². The maximum atomic E-state index is 12.5. The van der Waals surface area contributed by atoms with Crippen LogP contribution in [-0.2, 0) is 0 Å². The molecule has 0 bridgehead atoms. The minimum absolute atomic E-state index is 0.0158. The summed E-state index contributed by atoms with van der Waals surface area (Å²) < 4.78 is 1.48. The second kappa shape index (κ2) is 3.54. The van der Waals surface area contributed by atoms with E-state index in [1.54, 1.807) is 18.2 Å². The Labute approximate surface area is 113 Å². The van der Waals surface area contributed by atoms with E-state index >= 15 is 0 Å². The van der Waals surface area contributed by atoms with Crippen molar-refractivity contribution in [2.24, 2.45) is 0 Å². The number of benzene rings is 2. The van der Waals surface area contributed by atoms with Crippen LogP contribution < -0.4 is 0 Å². The molecule has 1 aromatic heterocycles. The molecule has 20 heavy (non-hydrogen) atoms. The molecule has 96 valence electrons. The van der Waals surface area contributed by atoms with Gasteiger partial charge in [0.1, 0.15) is 5.82 Å². The number of hydrogen-bond donors (Lipinski definition) is 1. The second-order valence-corrected chi connectivity index (χ2v) is 4.60. The number of aromatic nitrogens is 2. The number of imidazole rings is 1. The molecule has 0 fully saturated rings. The van der Waals surface area contributed by atoms with Crippen LogP contribution in [0.3, 0.4) is 0 Å². The Morgan fingerprint density at radius 3 is 2.70 bits per heavy atom. The largest absolute Gasteiger partial charge is 0.478 e. The highest BCUT2D eigenvalue weighted by Gasteiger charge is 2.33. The van der Waals surface area contributed by atoms with Crippen molar-refractivity contribution in [2.75, 3.05) is 0 Å². The lowest BCUT2D eigenvalue weighted by molar-refractivity contribution is 0.0692. The Morgan fingerprint density at radius 1 is 1.10 bits per heavy atom. The molecule has 2 heterocycles. The molecule has 0 aliphatic carbocycles. The van der Waals surface area contributed by atoms with Gasteiger partial charge in [-0.2, -0.15) is 0 Å². The van der Waals surface area contributed by atoms with Crippen LogP contribution in [0, 0.1) is 0 Å². The first-order valence-electron chi connectivity index (χ1n) is 6.07. The van der Waals surface area contributed by atoms with Crippen LogP contribution >= 0.6 is 0 Å². The SMILES string of the molecule is O=C(O)c1cccc2c1C(=O)n1c-2nc2ccccc21. The Morgan fingerprint density at radius 2 is 1.90 bits per heavy atom. The molecule has 0 amide bonds. The highest BCUT2D eigenvalue weighted by atomic mass is 16.4. The van der Waals surface area contributed by atoms with E-state index in [2.05, 4.69) is 4.98 Å². The lowest BCUT2D eigenvalue weighted by Crippen LogP contribution is -2.11. The van der Waals surface area contributed by atoms with Crippen LogP contribution in [0.15, 0.2) is 42.5 Å². The molecule has 0 saturated carbocycles. The van der Waals surface area contributed by atoms with Gasteiger partial charge in [0.15, 0.2) is 0 Å². The number of carbonyl (C=O) groups is 2. The predicted octanol–water partition coefficient (Wildman–Crippen LogP) is 2.40. The Bertz CT molecular complexity index is 909. The topological polar surface area (TPSA) is 72.2 Å². The highest BCUT2D eigenvalue weighted by molar-refractivity contribution is 6.17. The van der Waals surface area contributed by atoms with E-state index in [1.165, 1.54) is 10.6 Å². The Balaban J connectivity index is 2.13. The van der Waals surface area contributed by atoms with Crippen molar-refractivity contribution in [2.45, 2.75) is 0 Å². The molecule has 4 rings (SSSR count). The molecule has 1 N–H and O–H groups in total. The first-order valence-corrected chi connectivity index (χ1v) is 6.07. The van der Waals surface area contributed by atoms with E-state index in [1.807, 2.05) is 18.2 Å². The van der Waals surface area contributed by atoms with E-state index < -0.39 is 5.97 Å². The summed E-state index contributed by atoms with van der Waals surface area (Å²) in [6.07, 6.45) is 0. The summed E-state index contributed by atoms with van der Waals surface area (Å²) in [7, 11) is 0. The summed E-state index contributed by atoms with van der Waals surface area (Å²) in [6, 6.07) is 12.1. The van der Waals surface area contributed by atoms with E-state index in [-0.39, 0.29) is 17.0 Å². The van der Waals surface area contributed by atoms with Crippen LogP contribution in [0.25, 0.3) is 22.4 Å². The van der Waals surface area contributed by atoms with Crippen LogP contribution in [0.1, 0.15) is 20.7 Å². The number of aromatic carboxylic acids is 1. The smallest absolute Gasteiger partial charge is 0.336 e. The van der Waals surface area contributed by atoms with Gasteiger partial charge in [-0.3, -0.25) is 9.36 Å². The molecule has 5 nitrogen and oxygen atoms in total. The van der Waals surface area contributed by atoms with Gasteiger partial charge in [0.05, 0.1) is 22.2 Å².